The maximum Gasteiger partial charge on any atom is 0.501 e. The maximum atomic E-state index is 13.4. The molecule has 10 nitrogen and oxygen atoms in total. The first-order chi connectivity index (χ1) is 15.5. The normalized spacial score (nSPS) is 22.2. The van der Waals surface area contributed by atoms with E-state index in [2.05, 4.69) is 9.88 Å². The first kappa shape index (κ1) is 23.5. The average molecular weight is 477 g/mol. The Hall–Kier alpha value is -2.63. The molecule has 1 unspecified atom stereocenters. The van der Waals surface area contributed by atoms with Gasteiger partial charge in [0.1, 0.15) is 11.6 Å². The fourth-order valence-electron chi connectivity index (χ4n) is 3.96. The number of nitrogens with zero attached hydrogens (tertiary/aromatic N) is 4. The van der Waals surface area contributed by atoms with Crippen molar-refractivity contribution in [1.82, 2.24) is 19.7 Å². The third-order valence-corrected chi connectivity index (χ3v) is 7.70. The Labute approximate surface area is 193 Å². The van der Waals surface area contributed by atoms with Crippen molar-refractivity contribution in [2.45, 2.75) is 45.2 Å². The maximum absolute atomic E-state index is 13.4. The summed E-state index contributed by atoms with van der Waals surface area (Å²) in [7, 11) is 0.113. The van der Waals surface area contributed by atoms with E-state index < -0.39 is 33.4 Å². The molecule has 1 atom stereocenters. The van der Waals surface area contributed by atoms with Gasteiger partial charge in [0.2, 0.25) is 10.0 Å². The predicted molar refractivity (Wildman–Crippen MR) is 121 cm³/mol. The zero-order valence-corrected chi connectivity index (χ0v) is 20.2. The van der Waals surface area contributed by atoms with Crippen LogP contribution in [0.5, 0.6) is 0 Å². The van der Waals surface area contributed by atoms with E-state index in [-0.39, 0.29) is 11.4 Å². The molecule has 3 amide bonds. The number of amides is 3. The van der Waals surface area contributed by atoms with Gasteiger partial charge in [0.15, 0.2) is 12.3 Å². The highest BCUT2D eigenvalue weighted by Gasteiger charge is 2.49. The van der Waals surface area contributed by atoms with Crippen molar-refractivity contribution in [1.29, 1.82) is 0 Å². The minimum absolute atomic E-state index is 0.0378. The molecule has 33 heavy (non-hydrogen) atoms. The smallest absolute Gasteiger partial charge is 0.357 e. The van der Waals surface area contributed by atoms with Gasteiger partial charge >= 0.3 is 11.9 Å². The second-order valence-corrected chi connectivity index (χ2v) is 11.1. The lowest BCUT2D eigenvalue weighted by Gasteiger charge is -2.27. The number of imide groups is 1. The molecule has 1 fully saturated rings. The van der Waals surface area contributed by atoms with Gasteiger partial charge in [-0.1, -0.05) is 5.16 Å². The van der Waals surface area contributed by atoms with Crippen LogP contribution >= 0.6 is 0 Å². The van der Waals surface area contributed by atoms with Gasteiger partial charge in [0.25, 0.3) is 0 Å². The highest BCUT2D eigenvalue weighted by molar-refractivity contribution is 7.93. The number of hydrogen-bond acceptors (Lipinski definition) is 7. The summed E-state index contributed by atoms with van der Waals surface area (Å²) < 4.78 is 35.3. The number of urea groups is 1. The van der Waals surface area contributed by atoms with E-state index in [0.717, 1.165) is 24.3 Å². The van der Waals surface area contributed by atoms with E-state index >= 15 is 0 Å². The molecule has 4 rings (SSSR count). The zero-order chi connectivity index (χ0) is 24.0. The minimum atomic E-state index is -3.78. The summed E-state index contributed by atoms with van der Waals surface area (Å²) in [6.45, 7) is 4.71. The van der Waals surface area contributed by atoms with Crippen LogP contribution in [0.3, 0.4) is 0 Å². The largest absolute Gasteiger partial charge is 0.501 e. The molecule has 0 bridgehead atoms. The van der Waals surface area contributed by atoms with E-state index in [0.29, 0.717) is 30.1 Å². The lowest BCUT2D eigenvalue weighted by atomic mass is 9.94. The molecule has 178 valence electrons. The van der Waals surface area contributed by atoms with Crippen LogP contribution in [-0.2, 0) is 21.4 Å². The van der Waals surface area contributed by atoms with E-state index in [1.807, 2.05) is 25.9 Å². The number of hydrogen-bond donors (Lipinski definition) is 1. The number of sulfonamides is 1. The number of aryl methyl sites for hydroxylation is 1. The molecular weight excluding hydrogens is 446 g/mol. The van der Waals surface area contributed by atoms with Crippen LogP contribution in [0.2, 0.25) is 0 Å². The van der Waals surface area contributed by atoms with Gasteiger partial charge in [-0.2, -0.15) is 14.3 Å². The Bertz CT molecular complexity index is 1170. The Balaban J connectivity index is 1.68. The molecule has 1 aromatic heterocycles. The molecule has 11 heteroatoms. The molecule has 0 radical (unpaired) electrons. The predicted octanol–water partition coefficient (Wildman–Crippen LogP) is 1.39. The summed E-state index contributed by atoms with van der Waals surface area (Å²) >= 11 is 0. The lowest BCUT2D eigenvalue weighted by molar-refractivity contribution is -0.441. The Kier molecular flexibility index (Phi) is 6.14. The SMILES string of the molecule is Cc1cc(CN2C(=O)C3C=C(S(=O)(=O)NC4(C)CC4)C=CC3=[N+](CCCN(C)C)C2=O)on1. The molecule has 1 aliphatic heterocycles. The molecule has 1 N–H and O–H groups in total. The molecule has 2 heterocycles. The number of carbonyl (C=O) groups is 2. The Morgan fingerprint density at radius 2 is 2.03 bits per heavy atom. The Morgan fingerprint density at radius 1 is 1.30 bits per heavy atom. The first-order valence-corrected chi connectivity index (χ1v) is 12.5. The van der Waals surface area contributed by atoms with Crippen LogP contribution in [-0.4, -0.2) is 78.3 Å². The highest BCUT2D eigenvalue weighted by atomic mass is 32.2. The summed E-state index contributed by atoms with van der Waals surface area (Å²) in [5.74, 6) is -0.977. The van der Waals surface area contributed by atoms with E-state index in [1.54, 1.807) is 23.6 Å². The van der Waals surface area contributed by atoms with Crippen molar-refractivity contribution in [2.24, 2.45) is 5.92 Å². The van der Waals surface area contributed by atoms with Crippen molar-refractivity contribution in [3.05, 3.63) is 40.7 Å². The molecule has 3 aliphatic rings. The molecule has 1 aromatic rings. The van der Waals surface area contributed by atoms with Crippen LogP contribution < -0.4 is 4.72 Å². The van der Waals surface area contributed by atoms with Gasteiger partial charge in [-0.3, -0.25) is 0 Å². The second kappa shape index (κ2) is 8.62. The molecule has 0 spiro atoms. The number of nitrogens with one attached hydrogen (secondary N) is 1. The van der Waals surface area contributed by atoms with Crippen LogP contribution in [0.4, 0.5) is 4.79 Å². The topological polar surface area (TPSA) is 116 Å². The second-order valence-electron chi connectivity index (χ2n) is 9.42. The van der Waals surface area contributed by atoms with Crippen molar-refractivity contribution < 1.29 is 27.1 Å². The fraction of sp³-hybridized carbons (Fsp3) is 0.545. The number of fused-ring (bicyclic) bond motifs is 1. The van der Waals surface area contributed by atoms with Gasteiger partial charge in [-0.25, -0.2) is 17.9 Å². The van der Waals surface area contributed by atoms with Crippen LogP contribution in [0.25, 0.3) is 0 Å². The molecule has 0 aromatic carbocycles. The van der Waals surface area contributed by atoms with Crippen molar-refractivity contribution >= 4 is 27.7 Å². The highest BCUT2D eigenvalue weighted by Crippen LogP contribution is 2.36. The summed E-state index contributed by atoms with van der Waals surface area (Å²) in [5.41, 5.74) is 0.703. The van der Waals surface area contributed by atoms with Crippen LogP contribution in [0.15, 0.2) is 33.7 Å². The lowest BCUT2D eigenvalue weighted by Crippen LogP contribution is -2.54. The first-order valence-electron chi connectivity index (χ1n) is 11.0. The van der Waals surface area contributed by atoms with E-state index in [1.165, 1.54) is 12.2 Å². The molecule has 1 saturated carbocycles. The number of allylic oxidation sites excluding steroid dienone is 2. The van der Waals surface area contributed by atoms with E-state index in [9.17, 15) is 18.0 Å². The van der Waals surface area contributed by atoms with Crippen molar-refractivity contribution in [2.75, 3.05) is 27.2 Å². The molecule has 2 aliphatic carbocycles. The van der Waals surface area contributed by atoms with Gasteiger partial charge in [-0.05, 0) is 65.4 Å². The third-order valence-electron chi connectivity index (χ3n) is 6.04. The average Bonchev–Trinajstić information content (AvgIpc) is 3.31. The summed E-state index contributed by atoms with van der Waals surface area (Å²) in [6, 6.07) is 1.22. The standard InChI is InChI=1S/C22H30N5O5S/c1-15-12-16(32-23-15)14-27-20(28)18-13-17(33(30,31)24-22(2)8-9-22)6-7-19(18)26(21(27)29)11-5-10-25(3)4/h6-7,12-13,18,24H,5,8-11,14H2,1-4H3/q+1. The van der Waals surface area contributed by atoms with Crippen LogP contribution in [0, 0.1) is 12.8 Å². The fourth-order valence-corrected chi connectivity index (χ4v) is 5.50. The van der Waals surface area contributed by atoms with Crippen LogP contribution in [0.1, 0.15) is 37.6 Å². The Morgan fingerprint density at radius 3 is 2.64 bits per heavy atom. The van der Waals surface area contributed by atoms with Crippen molar-refractivity contribution in [3.8, 4) is 0 Å². The minimum Gasteiger partial charge on any atom is -0.357 e. The molecular formula is C22H30N5O5S+. The monoisotopic (exact) mass is 476 g/mol. The van der Waals surface area contributed by atoms with Gasteiger partial charge < -0.3 is 9.42 Å². The summed E-state index contributed by atoms with van der Waals surface area (Å²) in [6.07, 6.45) is 6.74. The third kappa shape index (κ3) is 4.99. The number of carbonyl (C=O) groups excluding carboxylic acids is 2. The quantitative estimate of drug-likeness (QED) is 0.536. The summed E-state index contributed by atoms with van der Waals surface area (Å²) in [5, 5.41) is 3.83. The van der Waals surface area contributed by atoms with Gasteiger partial charge in [0, 0.05) is 18.2 Å². The number of aromatic nitrogens is 1. The molecule has 0 saturated heterocycles. The van der Waals surface area contributed by atoms with E-state index in [4.69, 9.17) is 4.52 Å². The van der Waals surface area contributed by atoms with Gasteiger partial charge in [0.05, 0.1) is 17.1 Å². The number of rotatable bonds is 9. The zero-order valence-electron chi connectivity index (χ0n) is 19.4. The summed E-state index contributed by atoms with van der Waals surface area (Å²) in [4.78, 5) is 29.8. The van der Waals surface area contributed by atoms with Crippen molar-refractivity contribution in [3.63, 3.8) is 0 Å². The van der Waals surface area contributed by atoms with Gasteiger partial charge in [-0.15, -0.1) is 0 Å².